The van der Waals surface area contributed by atoms with Gasteiger partial charge < -0.3 is 0 Å². The van der Waals surface area contributed by atoms with E-state index in [1.807, 2.05) is 24.3 Å². The predicted octanol–water partition coefficient (Wildman–Crippen LogP) is 4.39. The van der Waals surface area contributed by atoms with E-state index in [1.54, 1.807) is 36.4 Å². The van der Waals surface area contributed by atoms with Crippen LogP contribution in [0.2, 0.25) is 0 Å². The standard InChI is InChI=1S/C9H7.2C6H6O2.Sb/c1-2-5-9-7-3-6-8(9)4-1;2*7-5-3-1-2-4-6(5)8;/h1-7H;2*1-4,7-8H;/q;;;+2/p-2. The SMILES string of the molecule is Oc1ccccc1[O][Sb]([O]c1ccccc1O)[CH]1C=Cc2ccccc21. The first-order chi connectivity index (χ1) is 12.7. The normalized spacial score (nSPS) is 15.0. The van der Waals surface area contributed by atoms with Gasteiger partial charge in [0.05, 0.1) is 0 Å². The molecule has 1 aliphatic carbocycles. The van der Waals surface area contributed by atoms with Crippen LogP contribution in [-0.4, -0.2) is 31.3 Å². The topological polar surface area (TPSA) is 58.9 Å². The van der Waals surface area contributed by atoms with Crippen LogP contribution in [0.25, 0.3) is 6.08 Å². The van der Waals surface area contributed by atoms with E-state index < -0.39 is 21.1 Å². The number of allylic oxidation sites excluding steroid dienone is 1. The van der Waals surface area contributed by atoms with Crippen LogP contribution in [0.3, 0.4) is 0 Å². The van der Waals surface area contributed by atoms with Gasteiger partial charge >= 0.3 is 160 Å². The molecule has 5 heteroatoms. The zero-order valence-electron chi connectivity index (χ0n) is 13.8. The Bertz CT molecular complexity index is 907. The summed E-state index contributed by atoms with van der Waals surface area (Å²) in [6.45, 7) is 0. The third-order valence-corrected chi connectivity index (χ3v) is 8.84. The second kappa shape index (κ2) is 7.35. The van der Waals surface area contributed by atoms with E-state index in [-0.39, 0.29) is 15.4 Å². The fraction of sp³-hybridized carbons (Fsp3) is 0.0476. The molecule has 0 fully saturated rings. The van der Waals surface area contributed by atoms with Crippen LogP contribution >= 0.6 is 0 Å². The molecule has 2 N–H and O–H groups in total. The van der Waals surface area contributed by atoms with Gasteiger partial charge in [-0.15, -0.1) is 0 Å². The maximum absolute atomic E-state index is 10.1. The van der Waals surface area contributed by atoms with Crippen molar-refractivity contribution in [2.75, 3.05) is 0 Å². The zero-order valence-corrected chi connectivity index (χ0v) is 16.4. The molecule has 0 saturated carbocycles. The maximum atomic E-state index is 10.1. The van der Waals surface area contributed by atoms with Crippen molar-refractivity contribution < 1.29 is 16.2 Å². The minimum absolute atomic E-state index is 0.00779. The van der Waals surface area contributed by atoms with Crippen molar-refractivity contribution in [3.8, 4) is 23.0 Å². The molecule has 0 aromatic heterocycles. The fourth-order valence-electron chi connectivity index (χ4n) is 2.81. The first-order valence-corrected chi connectivity index (χ1v) is 11.8. The van der Waals surface area contributed by atoms with E-state index in [1.165, 1.54) is 0 Å². The predicted molar refractivity (Wildman–Crippen MR) is 101 cm³/mol. The molecular weight excluding hydrogens is 438 g/mol. The number of aromatic hydroxyl groups is 2. The summed E-state index contributed by atoms with van der Waals surface area (Å²) in [6.07, 6.45) is 4.16. The second-order valence-electron chi connectivity index (χ2n) is 5.84. The van der Waals surface area contributed by atoms with Crippen LogP contribution in [0, 0.1) is 0 Å². The van der Waals surface area contributed by atoms with Crippen molar-refractivity contribution in [3.63, 3.8) is 0 Å². The van der Waals surface area contributed by atoms with Crippen LogP contribution in [-0.2, 0) is 0 Å². The molecule has 1 atom stereocenters. The fourth-order valence-corrected chi connectivity index (χ4v) is 7.52. The zero-order chi connectivity index (χ0) is 17.9. The van der Waals surface area contributed by atoms with Gasteiger partial charge in [0, 0.05) is 0 Å². The molecule has 1 unspecified atom stereocenters. The monoisotopic (exact) mass is 454 g/mol. The number of rotatable bonds is 5. The van der Waals surface area contributed by atoms with E-state index >= 15 is 0 Å². The van der Waals surface area contributed by atoms with E-state index in [4.69, 9.17) is 6.03 Å². The number of phenolic OH excluding ortho intramolecular Hbond substituents is 2. The molecular formula is C21H17O4Sb. The molecule has 0 heterocycles. The molecule has 0 radical (unpaired) electrons. The van der Waals surface area contributed by atoms with Gasteiger partial charge in [-0.3, -0.25) is 0 Å². The van der Waals surface area contributed by atoms with Gasteiger partial charge in [-0.05, 0) is 0 Å². The number of hydrogen-bond donors (Lipinski definition) is 2. The molecule has 130 valence electrons. The number of para-hydroxylation sites is 4. The van der Waals surface area contributed by atoms with E-state index in [9.17, 15) is 10.2 Å². The van der Waals surface area contributed by atoms with Gasteiger partial charge in [-0.25, -0.2) is 0 Å². The minimum atomic E-state index is -2.98. The Morgan fingerprint density at radius 2 is 1.23 bits per heavy atom. The van der Waals surface area contributed by atoms with Gasteiger partial charge in [0.2, 0.25) is 0 Å². The summed E-state index contributed by atoms with van der Waals surface area (Å²) in [4.78, 5) is 0. The molecule has 0 spiro atoms. The van der Waals surface area contributed by atoms with E-state index in [0.717, 1.165) is 11.1 Å². The van der Waals surface area contributed by atoms with Crippen molar-refractivity contribution in [2.24, 2.45) is 0 Å². The number of benzene rings is 3. The van der Waals surface area contributed by atoms with Crippen LogP contribution in [0.5, 0.6) is 23.0 Å². The van der Waals surface area contributed by atoms with E-state index in [0.29, 0.717) is 11.5 Å². The van der Waals surface area contributed by atoms with Crippen LogP contribution in [0.1, 0.15) is 15.0 Å². The van der Waals surface area contributed by atoms with Crippen LogP contribution < -0.4 is 6.03 Å². The number of fused-ring (bicyclic) bond motifs is 1. The van der Waals surface area contributed by atoms with Crippen molar-refractivity contribution in [3.05, 3.63) is 90.0 Å². The third-order valence-electron chi connectivity index (χ3n) is 4.11. The van der Waals surface area contributed by atoms with Crippen LogP contribution in [0.4, 0.5) is 0 Å². The average Bonchev–Trinajstić information content (AvgIpc) is 3.09. The van der Waals surface area contributed by atoms with Crippen molar-refractivity contribution >= 4 is 27.1 Å². The van der Waals surface area contributed by atoms with Gasteiger partial charge in [-0.1, -0.05) is 0 Å². The summed E-state index contributed by atoms with van der Waals surface area (Å²) in [5.41, 5.74) is 2.30. The Balaban J connectivity index is 1.69. The summed E-state index contributed by atoms with van der Waals surface area (Å²) >= 11 is -2.98. The Hall–Kier alpha value is -2.58. The molecule has 0 amide bonds. The molecule has 0 saturated heterocycles. The van der Waals surface area contributed by atoms with Crippen molar-refractivity contribution in [1.29, 1.82) is 0 Å². The quantitative estimate of drug-likeness (QED) is 0.561. The molecule has 0 bridgehead atoms. The molecule has 0 aliphatic heterocycles. The van der Waals surface area contributed by atoms with Crippen LogP contribution in [0.15, 0.2) is 78.9 Å². The molecule has 4 rings (SSSR count). The van der Waals surface area contributed by atoms with Gasteiger partial charge in [0.15, 0.2) is 0 Å². The van der Waals surface area contributed by atoms with Crippen molar-refractivity contribution in [2.45, 2.75) is 3.86 Å². The summed E-state index contributed by atoms with van der Waals surface area (Å²) in [5, 5.41) is 20.2. The van der Waals surface area contributed by atoms with Crippen molar-refractivity contribution in [1.82, 2.24) is 0 Å². The summed E-state index contributed by atoms with van der Waals surface area (Å²) in [5.74, 6) is 0.976. The second-order valence-corrected chi connectivity index (χ2v) is 10.1. The number of phenols is 2. The summed E-state index contributed by atoms with van der Waals surface area (Å²) in [6, 6.07) is 21.9. The third kappa shape index (κ3) is 3.38. The van der Waals surface area contributed by atoms with Gasteiger partial charge in [0.25, 0.3) is 0 Å². The van der Waals surface area contributed by atoms with Gasteiger partial charge in [0.1, 0.15) is 0 Å². The molecule has 1 aliphatic rings. The Labute approximate surface area is 160 Å². The first-order valence-electron chi connectivity index (χ1n) is 8.20. The first kappa shape index (κ1) is 16.9. The molecule has 3 aromatic rings. The number of hydrogen-bond acceptors (Lipinski definition) is 4. The molecule has 3 aromatic carbocycles. The summed E-state index contributed by atoms with van der Waals surface area (Å²) in [7, 11) is 0. The van der Waals surface area contributed by atoms with E-state index in [2.05, 4.69) is 24.3 Å². The van der Waals surface area contributed by atoms with Gasteiger partial charge in [-0.2, -0.15) is 0 Å². The Morgan fingerprint density at radius 3 is 1.85 bits per heavy atom. The molecule has 4 nitrogen and oxygen atoms in total. The Kier molecular flexibility index (Phi) is 4.76. The summed E-state index contributed by atoms with van der Waals surface area (Å²) < 4.78 is 12.4. The molecule has 26 heavy (non-hydrogen) atoms. The Morgan fingerprint density at radius 1 is 0.692 bits per heavy atom. The average molecular weight is 455 g/mol.